The third-order valence-electron chi connectivity index (χ3n) is 4.03. The summed E-state index contributed by atoms with van der Waals surface area (Å²) in [6.07, 6.45) is 0. The van der Waals surface area contributed by atoms with Crippen LogP contribution in [0.3, 0.4) is 0 Å². The van der Waals surface area contributed by atoms with E-state index in [1.165, 1.54) is 12.1 Å². The molecule has 0 unspecified atom stereocenters. The molecule has 2 atom stereocenters. The van der Waals surface area contributed by atoms with Gasteiger partial charge in [-0.15, -0.1) is 0 Å². The molecule has 0 bridgehead atoms. The normalized spacial score (nSPS) is 13.2. The topological polar surface area (TPSA) is 50.4 Å². The van der Waals surface area contributed by atoms with Crippen LogP contribution in [-0.2, 0) is 11.3 Å². The highest BCUT2D eigenvalue weighted by Crippen LogP contribution is 2.28. The first-order valence-corrected chi connectivity index (χ1v) is 8.88. The van der Waals surface area contributed by atoms with E-state index in [1.54, 1.807) is 14.0 Å². The van der Waals surface area contributed by atoms with E-state index in [2.05, 4.69) is 10.6 Å². The first-order chi connectivity index (χ1) is 12.3. The van der Waals surface area contributed by atoms with Crippen LogP contribution in [0.25, 0.3) is 0 Å². The Kier molecular flexibility index (Phi) is 7.26. The van der Waals surface area contributed by atoms with Crippen LogP contribution in [-0.4, -0.2) is 19.1 Å². The third-order valence-corrected chi connectivity index (χ3v) is 4.64. The fraction of sp³-hybridized carbons (Fsp3) is 0.316. The van der Waals surface area contributed by atoms with E-state index in [4.69, 9.17) is 27.9 Å². The smallest absolute Gasteiger partial charge is 0.237 e. The van der Waals surface area contributed by atoms with Crippen LogP contribution in [0.1, 0.15) is 31.0 Å². The van der Waals surface area contributed by atoms with Gasteiger partial charge < -0.3 is 10.1 Å². The number of hydrogen-bond acceptors (Lipinski definition) is 3. The molecule has 0 aliphatic heterocycles. The van der Waals surface area contributed by atoms with Gasteiger partial charge in [0.1, 0.15) is 11.6 Å². The zero-order valence-corrected chi connectivity index (χ0v) is 16.3. The van der Waals surface area contributed by atoms with Crippen LogP contribution < -0.4 is 15.4 Å². The molecule has 0 heterocycles. The van der Waals surface area contributed by atoms with Crippen LogP contribution in [0.15, 0.2) is 36.4 Å². The van der Waals surface area contributed by atoms with Crippen LogP contribution in [0.2, 0.25) is 10.0 Å². The maximum absolute atomic E-state index is 13.7. The summed E-state index contributed by atoms with van der Waals surface area (Å²) < 4.78 is 18.8. The van der Waals surface area contributed by atoms with E-state index in [0.29, 0.717) is 17.1 Å². The molecule has 0 aliphatic carbocycles. The molecule has 7 heteroatoms. The molecule has 2 aromatic carbocycles. The number of nitrogens with one attached hydrogen (secondary N) is 2. The number of carbonyl (C=O) groups excluding carboxylic acids is 1. The first kappa shape index (κ1) is 20.5. The molecule has 1 amide bonds. The Balaban J connectivity index is 1.92. The van der Waals surface area contributed by atoms with E-state index in [-0.39, 0.29) is 17.0 Å². The van der Waals surface area contributed by atoms with Gasteiger partial charge in [-0.2, -0.15) is 0 Å². The number of rotatable bonds is 7. The molecule has 0 aliphatic rings. The van der Waals surface area contributed by atoms with Crippen molar-refractivity contribution in [2.24, 2.45) is 0 Å². The second kappa shape index (κ2) is 9.21. The molecule has 2 aromatic rings. The summed E-state index contributed by atoms with van der Waals surface area (Å²) in [6.45, 7) is 3.95. The second-order valence-electron chi connectivity index (χ2n) is 5.96. The standard InChI is InChI=1S/C19H21Cl2FN2O2/c1-11(15-8-18(22)17(21)9-16(15)20)24-12(2)19(25)23-10-13-4-6-14(26-3)7-5-13/h4-9,11-12,24H,10H2,1-3H3,(H,23,25)/t11-,12+/m0/s1. The van der Waals surface area contributed by atoms with Gasteiger partial charge in [0, 0.05) is 17.6 Å². The van der Waals surface area contributed by atoms with Crippen LogP contribution in [0.4, 0.5) is 4.39 Å². The minimum Gasteiger partial charge on any atom is -0.497 e. The average Bonchev–Trinajstić information content (AvgIpc) is 2.62. The largest absolute Gasteiger partial charge is 0.497 e. The lowest BCUT2D eigenvalue weighted by atomic mass is 10.1. The molecule has 0 fully saturated rings. The Bertz CT molecular complexity index is 769. The lowest BCUT2D eigenvalue weighted by Gasteiger charge is -2.21. The lowest BCUT2D eigenvalue weighted by Crippen LogP contribution is -2.42. The molecule has 0 aromatic heterocycles. The van der Waals surface area contributed by atoms with Gasteiger partial charge in [-0.3, -0.25) is 10.1 Å². The molecule has 4 nitrogen and oxygen atoms in total. The maximum atomic E-state index is 13.7. The van der Waals surface area contributed by atoms with Crippen molar-refractivity contribution >= 4 is 29.1 Å². The molecule has 2 rings (SSSR count). The average molecular weight is 399 g/mol. The van der Waals surface area contributed by atoms with E-state index in [9.17, 15) is 9.18 Å². The minimum atomic E-state index is -0.545. The van der Waals surface area contributed by atoms with E-state index >= 15 is 0 Å². The van der Waals surface area contributed by atoms with Crippen molar-refractivity contribution in [2.45, 2.75) is 32.5 Å². The van der Waals surface area contributed by atoms with E-state index in [0.717, 1.165) is 11.3 Å². The Morgan fingerprint density at radius 2 is 1.81 bits per heavy atom. The Morgan fingerprint density at radius 1 is 1.15 bits per heavy atom. The van der Waals surface area contributed by atoms with Gasteiger partial charge in [-0.05, 0) is 49.2 Å². The highest BCUT2D eigenvalue weighted by Gasteiger charge is 2.19. The summed E-state index contributed by atoms with van der Waals surface area (Å²) in [6, 6.07) is 9.27. The number of amides is 1. The van der Waals surface area contributed by atoms with Crippen LogP contribution >= 0.6 is 23.2 Å². The summed E-state index contributed by atoms with van der Waals surface area (Å²) in [5.41, 5.74) is 1.51. The molecule has 0 radical (unpaired) electrons. The molecular weight excluding hydrogens is 378 g/mol. The quantitative estimate of drug-likeness (QED) is 0.675. The van der Waals surface area contributed by atoms with Gasteiger partial charge in [-0.1, -0.05) is 35.3 Å². The maximum Gasteiger partial charge on any atom is 0.237 e. The SMILES string of the molecule is COc1ccc(CNC(=O)[C@@H](C)N[C@@H](C)c2cc(F)c(Cl)cc2Cl)cc1. The summed E-state index contributed by atoms with van der Waals surface area (Å²) in [4.78, 5) is 12.3. The number of hydrogen-bond donors (Lipinski definition) is 2. The first-order valence-electron chi connectivity index (χ1n) is 8.13. The highest BCUT2D eigenvalue weighted by atomic mass is 35.5. The lowest BCUT2D eigenvalue weighted by molar-refractivity contribution is -0.123. The van der Waals surface area contributed by atoms with Crippen molar-refractivity contribution in [1.29, 1.82) is 0 Å². The van der Waals surface area contributed by atoms with Crippen molar-refractivity contribution in [3.63, 3.8) is 0 Å². The van der Waals surface area contributed by atoms with Gasteiger partial charge in [0.2, 0.25) is 5.91 Å². The van der Waals surface area contributed by atoms with Crippen molar-refractivity contribution in [3.8, 4) is 5.75 Å². The van der Waals surface area contributed by atoms with Crippen LogP contribution in [0, 0.1) is 5.82 Å². The zero-order chi connectivity index (χ0) is 19.3. The van der Waals surface area contributed by atoms with Gasteiger partial charge in [0.25, 0.3) is 0 Å². The molecule has 0 saturated carbocycles. The zero-order valence-electron chi connectivity index (χ0n) is 14.8. The fourth-order valence-corrected chi connectivity index (χ4v) is 3.04. The van der Waals surface area contributed by atoms with Gasteiger partial charge in [0.15, 0.2) is 0 Å². The molecule has 0 saturated heterocycles. The summed E-state index contributed by atoms with van der Waals surface area (Å²) in [5, 5.41) is 6.29. The van der Waals surface area contributed by atoms with Crippen molar-refractivity contribution in [2.75, 3.05) is 7.11 Å². The Labute approximate surface area is 162 Å². The number of halogens is 3. The molecule has 140 valence electrons. The predicted octanol–water partition coefficient (Wildman–Crippen LogP) is 4.50. The molecular formula is C19H21Cl2FN2O2. The third kappa shape index (κ3) is 5.34. The number of methoxy groups -OCH3 is 1. The summed E-state index contributed by atoms with van der Waals surface area (Å²) in [7, 11) is 1.60. The fourth-order valence-electron chi connectivity index (χ4n) is 2.50. The molecule has 0 spiro atoms. The molecule has 26 heavy (non-hydrogen) atoms. The van der Waals surface area contributed by atoms with Crippen LogP contribution in [0.5, 0.6) is 5.75 Å². The predicted molar refractivity (Wildman–Crippen MR) is 102 cm³/mol. The van der Waals surface area contributed by atoms with Crippen molar-refractivity contribution < 1.29 is 13.9 Å². The minimum absolute atomic E-state index is 0.0313. The van der Waals surface area contributed by atoms with Gasteiger partial charge in [0.05, 0.1) is 18.2 Å². The second-order valence-corrected chi connectivity index (χ2v) is 6.78. The van der Waals surface area contributed by atoms with Gasteiger partial charge >= 0.3 is 0 Å². The van der Waals surface area contributed by atoms with E-state index < -0.39 is 11.9 Å². The Morgan fingerprint density at radius 3 is 2.42 bits per heavy atom. The van der Waals surface area contributed by atoms with Crippen molar-refractivity contribution in [1.82, 2.24) is 10.6 Å². The molecule has 2 N–H and O–H groups in total. The highest BCUT2D eigenvalue weighted by molar-refractivity contribution is 6.35. The summed E-state index contributed by atoms with van der Waals surface area (Å²) >= 11 is 11.8. The number of ether oxygens (including phenoxy) is 1. The van der Waals surface area contributed by atoms with Gasteiger partial charge in [-0.25, -0.2) is 4.39 Å². The number of carbonyl (C=O) groups is 1. The number of benzene rings is 2. The summed E-state index contributed by atoms with van der Waals surface area (Å²) in [5.74, 6) is 0.0468. The Hall–Kier alpha value is -1.82. The van der Waals surface area contributed by atoms with Crippen molar-refractivity contribution in [3.05, 3.63) is 63.4 Å². The van der Waals surface area contributed by atoms with E-state index in [1.807, 2.05) is 31.2 Å². The monoisotopic (exact) mass is 398 g/mol.